The first-order chi connectivity index (χ1) is 11.1. The Bertz CT molecular complexity index is 666. The van der Waals surface area contributed by atoms with Crippen LogP contribution in [0.3, 0.4) is 0 Å². The highest BCUT2D eigenvalue weighted by Gasteiger charge is 2.40. The Labute approximate surface area is 139 Å². The van der Waals surface area contributed by atoms with Gasteiger partial charge in [-0.2, -0.15) is 0 Å². The van der Waals surface area contributed by atoms with Crippen molar-refractivity contribution in [2.24, 2.45) is 5.92 Å². The fourth-order valence-corrected chi connectivity index (χ4v) is 4.08. The molecule has 1 aliphatic rings. The fourth-order valence-electron chi connectivity index (χ4n) is 3.14. The van der Waals surface area contributed by atoms with Crippen molar-refractivity contribution in [2.75, 3.05) is 14.1 Å². The molecule has 0 aromatic carbocycles. The van der Waals surface area contributed by atoms with Gasteiger partial charge in [0, 0.05) is 25.4 Å². The van der Waals surface area contributed by atoms with E-state index in [-0.39, 0.29) is 23.8 Å². The quantitative estimate of drug-likeness (QED) is 0.865. The largest absolute Gasteiger partial charge is 0.467 e. The van der Waals surface area contributed by atoms with Crippen LogP contribution in [0, 0.1) is 5.92 Å². The second-order valence-corrected chi connectivity index (χ2v) is 6.86. The second-order valence-electron chi connectivity index (χ2n) is 5.88. The Kier molecular flexibility index (Phi) is 4.52. The van der Waals surface area contributed by atoms with Gasteiger partial charge < -0.3 is 14.2 Å². The average molecular weight is 332 g/mol. The summed E-state index contributed by atoms with van der Waals surface area (Å²) >= 11 is 1.59. The molecule has 2 atom stereocenters. The molecule has 0 saturated carbocycles. The topological polar surface area (TPSA) is 53.8 Å². The highest BCUT2D eigenvalue weighted by molar-refractivity contribution is 7.10. The van der Waals surface area contributed by atoms with Gasteiger partial charge in [-0.25, -0.2) is 0 Å². The summed E-state index contributed by atoms with van der Waals surface area (Å²) in [5.74, 6) is 0.699. The molecule has 0 radical (unpaired) electrons. The van der Waals surface area contributed by atoms with Crippen LogP contribution in [-0.2, 0) is 16.1 Å². The predicted molar refractivity (Wildman–Crippen MR) is 87.7 cm³/mol. The van der Waals surface area contributed by atoms with Crippen LogP contribution in [0.25, 0.3) is 0 Å². The molecule has 0 unspecified atom stereocenters. The maximum Gasteiger partial charge on any atom is 0.228 e. The van der Waals surface area contributed by atoms with Crippen LogP contribution in [0.1, 0.15) is 29.5 Å². The van der Waals surface area contributed by atoms with Gasteiger partial charge in [-0.05, 0) is 30.0 Å². The number of nitrogens with zero attached hydrogens (tertiary/aromatic N) is 2. The van der Waals surface area contributed by atoms with Crippen molar-refractivity contribution in [3.8, 4) is 0 Å². The SMILES string of the molecule is CN(Cc1ccco1)C(=O)[C@@H]1CCC(=O)N(C)[C@H]1c1cccs1. The van der Waals surface area contributed by atoms with Crippen molar-refractivity contribution < 1.29 is 14.0 Å². The zero-order valence-electron chi connectivity index (χ0n) is 13.3. The highest BCUT2D eigenvalue weighted by atomic mass is 32.1. The lowest BCUT2D eigenvalue weighted by Gasteiger charge is -2.39. The maximum absolute atomic E-state index is 12.9. The van der Waals surface area contributed by atoms with Gasteiger partial charge >= 0.3 is 0 Å². The van der Waals surface area contributed by atoms with E-state index >= 15 is 0 Å². The summed E-state index contributed by atoms with van der Waals surface area (Å²) in [6.07, 6.45) is 2.62. The molecule has 1 aliphatic heterocycles. The minimum absolute atomic E-state index is 0.0548. The Hall–Kier alpha value is -2.08. The van der Waals surface area contributed by atoms with E-state index in [0.29, 0.717) is 19.4 Å². The Morgan fingerprint density at radius 2 is 2.26 bits per heavy atom. The van der Waals surface area contributed by atoms with Crippen LogP contribution in [0.15, 0.2) is 40.3 Å². The van der Waals surface area contributed by atoms with Crippen molar-refractivity contribution >= 4 is 23.2 Å². The summed E-state index contributed by atoms with van der Waals surface area (Å²) in [5.41, 5.74) is 0. The maximum atomic E-state index is 12.9. The zero-order valence-corrected chi connectivity index (χ0v) is 14.1. The first kappa shape index (κ1) is 15.8. The first-order valence-corrected chi connectivity index (χ1v) is 8.52. The van der Waals surface area contributed by atoms with Crippen molar-refractivity contribution in [1.82, 2.24) is 9.80 Å². The molecular weight excluding hydrogens is 312 g/mol. The van der Waals surface area contributed by atoms with E-state index in [1.807, 2.05) is 29.6 Å². The molecule has 2 amide bonds. The number of hydrogen-bond acceptors (Lipinski definition) is 4. The summed E-state index contributed by atoms with van der Waals surface area (Å²) in [4.78, 5) is 29.5. The van der Waals surface area contributed by atoms with Crippen molar-refractivity contribution in [3.05, 3.63) is 46.5 Å². The average Bonchev–Trinajstić information content (AvgIpc) is 3.22. The van der Waals surface area contributed by atoms with Gasteiger partial charge in [-0.1, -0.05) is 6.07 Å². The molecule has 1 saturated heterocycles. The van der Waals surface area contributed by atoms with Crippen LogP contribution in [0.5, 0.6) is 0 Å². The molecule has 5 nitrogen and oxygen atoms in total. The molecule has 3 heterocycles. The number of carbonyl (C=O) groups excluding carboxylic acids is 2. The number of thiophene rings is 1. The summed E-state index contributed by atoms with van der Waals surface area (Å²) in [7, 11) is 3.57. The number of rotatable bonds is 4. The van der Waals surface area contributed by atoms with E-state index in [1.54, 1.807) is 41.5 Å². The van der Waals surface area contributed by atoms with E-state index in [4.69, 9.17) is 4.42 Å². The molecule has 0 N–H and O–H groups in total. The zero-order chi connectivity index (χ0) is 16.4. The Morgan fingerprint density at radius 3 is 2.91 bits per heavy atom. The highest BCUT2D eigenvalue weighted by Crippen LogP contribution is 2.38. The lowest BCUT2D eigenvalue weighted by molar-refractivity contribution is -0.146. The van der Waals surface area contributed by atoms with Crippen molar-refractivity contribution in [3.63, 3.8) is 0 Å². The van der Waals surface area contributed by atoms with Gasteiger partial charge in [0.15, 0.2) is 0 Å². The van der Waals surface area contributed by atoms with E-state index in [2.05, 4.69) is 0 Å². The molecule has 0 spiro atoms. The minimum atomic E-state index is -0.212. The van der Waals surface area contributed by atoms with Crippen molar-refractivity contribution in [1.29, 1.82) is 0 Å². The molecule has 2 aromatic rings. The third kappa shape index (κ3) is 3.17. The van der Waals surface area contributed by atoms with Crippen LogP contribution in [0.4, 0.5) is 0 Å². The standard InChI is InChI=1S/C17H20N2O3S/c1-18(11-12-5-3-9-22-12)17(21)13-7-8-15(20)19(2)16(13)14-6-4-10-23-14/h3-6,9-10,13,16H,7-8,11H2,1-2H3/t13-,16-/m1/s1. The molecule has 1 fully saturated rings. The summed E-state index contributed by atoms with van der Waals surface area (Å²) in [6, 6.07) is 7.45. The molecule has 122 valence electrons. The molecule has 0 aliphatic carbocycles. The number of furan rings is 1. The summed E-state index contributed by atoms with van der Waals surface area (Å²) < 4.78 is 5.32. The molecule has 2 aromatic heterocycles. The van der Waals surface area contributed by atoms with E-state index in [1.165, 1.54) is 0 Å². The van der Waals surface area contributed by atoms with Crippen LogP contribution in [-0.4, -0.2) is 35.7 Å². The number of piperidine rings is 1. The molecule has 6 heteroatoms. The smallest absolute Gasteiger partial charge is 0.228 e. The number of likely N-dealkylation sites (tertiary alicyclic amines) is 1. The van der Waals surface area contributed by atoms with Gasteiger partial charge in [0.05, 0.1) is 24.8 Å². The van der Waals surface area contributed by atoms with E-state index < -0.39 is 0 Å². The normalized spacial score (nSPS) is 21.5. The molecule has 23 heavy (non-hydrogen) atoms. The van der Waals surface area contributed by atoms with Gasteiger partial charge in [-0.15, -0.1) is 11.3 Å². The van der Waals surface area contributed by atoms with E-state index in [9.17, 15) is 9.59 Å². The van der Waals surface area contributed by atoms with Crippen LogP contribution in [0.2, 0.25) is 0 Å². The van der Waals surface area contributed by atoms with Gasteiger partial charge in [0.2, 0.25) is 11.8 Å². The molecular formula is C17H20N2O3S. The van der Waals surface area contributed by atoms with Crippen molar-refractivity contribution in [2.45, 2.75) is 25.4 Å². The molecule has 0 bridgehead atoms. The third-order valence-corrected chi connectivity index (χ3v) is 5.31. The first-order valence-electron chi connectivity index (χ1n) is 7.64. The lowest BCUT2D eigenvalue weighted by atomic mass is 9.87. The Balaban J connectivity index is 1.80. The summed E-state index contributed by atoms with van der Waals surface area (Å²) in [6.45, 7) is 0.442. The van der Waals surface area contributed by atoms with Gasteiger partial charge in [0.25, 0.3) is 0 Å². The second kappa shape index (κ2) is 6.58. The van der Waals surface area contributed by atoms with Crippen LogP contribution >= 0.6 is 11.3 Å². The summed E-state index contributed by atoms with van der Waals surface area (Å²) in [5, 5.41) is 1.98. The predicted octanol–water partition coefficient (Wildman–Crippen LogP) is 2.91. The monoisotopic (exact) mass is 332 g/mol. The third-order valence-electron chi connectivity index (χ3n) is 4.36. The number of amides is 2. The lowest BCUT2D eigenvalue weighted by Crippen LogP contribution is -2.46. The van der Waals surface area contributed by atoms with Gasteiger partial charge in [0.1, 0.15) is 5.76 Å². The fraction of sp³-hybridized carbons (Fsp3) is 0.412. The number of hydrogen-bond donors (Lipinski definition) is 0. The number of carbonyl (C=O) groups is 2. The van der Waals surface area contributed by atoms with E-state index in [0.717, 1.165) is 10.6 Å². The minimum Gasteiger partial charge on any atom is -0.467 e. The van der Waals surface area contributed by atoms with Crippen LogP contribution < -0.4 is 0 Å². The molecule has 3 rings (SSSR count). The van der Waals surface area contributed by atoms with Gasteiger partial charge in [-0.3, -0.25) is 9.59 Å². The Morgan fingerprint density at radius 1 is 1.43 bits per heavy atom.